The Labute approximate surface area is 122 Å². The van der Waals surface area contributed by atoms with Gasteiger partial charge in [-0.15, -0.1) is 0 Å². The Hall–Kier alpha value is -2.31. The highest BCUT2D eigenvalue weighted by Crippen LogP contribution is 2.26. The highest BCUT2D eigenvalue weighted by atomic mass is 35.5. The zero-order chi connectivity index (χ0) is 14.7. The molecule has 2 N–H and O–H groups in total. The Balaban J connectivity index is 2.49. The molecule has 2 aromatic rings. The monoisotopic (exact) mass is 284 g/mol. The van der Waals surface area contributed by atoms with E-state index in [2.05, 4.69) is 0 Å². The zero-order valence-corrected chi connectivity index (χ0v) is 11.7. The van der Waals surface area contributed by atoms with E-state index in [1.54, 1.807) is 24.3 Å². The number of nitrogens with two attached hydrogens (primary N) is 1. The number of carbonyl (C=O) groups excluding carboxylic acids is 1. The van der Waals surface area contributed by atoms with Crippen LogP contribution in [0.5, 0.6) is 0 Å². The normalized spacial score (nSPS) is 10.1. The summed E-state index contributed by atoms with van der Waals surface area (Å²) in [5.41, 5.74) is 8.84. The summed E-state index contributed by atoms with van der Waals surface area (Å²) in [4.78, 5) is 12.5. The summed E-state index contributed by atoms with van der Waals surface area (Å²) in [7, 11) is 0. The van der Waals surface area contributed by atoms with Crippen LogP contribution in [0.25, 0.3) is 0 Å². The molecule has 4 heteroatoms. The molecule has 0 saturated carbocycles. The van der Waals surface area contributed by atoms with Gasteiger partial charge in [-0.3, -0.25) is 4.79 Å². The number of hydrogen-bond donors (Lipinski definition) is 1. The van der Waals surface area contributed by atoms with Gasteiger partial charge in [0.05, 0.1) is 12.5 Å². The summed E-state index contributed by atoms with van der Waals surface area (Å²) in [6.45, 7) is 1.95. The Kier molecular flexibility index (Phi) is 4.07. The van der Waals surface area contributed by atoms with Crippen LogP contribution in [0.15, 0.2) is 36.4 Å². The van der Waals surface area contributed by atoms with E-state index in [9.17, 15) is 4.79 Å². The smallest absolute Gasteiger partial charge is 0.195 e. The second-order valence-electron chi connectivity index (χ2n) is 4.56. The first kappa shape index (κ1) is 14.1. The van der Waals surface area contributed by atoms with E-state index >= 15 is 0 Å². The molecule has 0 unspecified atom stereocenters. The van der Waals surface area contributed by atoms with Crippen LogP contribution in [0.2, 0.25) is 5.02 Å². The maximum Gasteiger partial charge on any atom is 0.195 e. The lowest BCUT2D eigenvalue weighted by molar-refractivity contribution is 0.103. The molecule has 0 fully saturated rings. The molecule has 0 aliphatic heterocycles. The fraction of sp³-hybridized carbons (Fsp3) is 0.125. The molecule has 0 aliphatic carbocycles. The summed E-state index contributed by atoms with van der Waals surface area (Å²) in [6.07, 6.45) is 0.126. The number of ketones is 1. The molecule has 0 radical (unpaired) electrons. The van der Waals surface area contributed by atoms with E-state index in [1.165, 1.54) is 0 Å². The SMILES string of the molecule is Cc1ccc(C(=O)c2cc(Cl)cc(CC#N)c2N)cc1. The molecule has 3 nitrogen and oxygen atoms in total. The third kappa shape index (κ3) is 2.81. The number of rotatable bonds is 3. The molecule has 2 aromatic carbocycles. The number of nitriles is 1. The highest BCUT2D eigenvalue weighted by molar-refractivity contribution is 6.31. The fourth-order valence-electron chi connectivity index (χ4n) is 1.95. The zero-order valence-electron chi connectivity index (χ0n) is 11.0. The van der Waals surface area contributed by atoms with Crippen LogP contribution < -0.4 is 5.73 Å². The number of aryl methyl sites for hydroxylation is 1. The summed E-state index contributed by atoms with van der Waals surface area (Å²) in [6, 6.07) is 12.4. The molecule has 0 saturated heterocycles. The van der Waals surface area contributed by atoms with Crippen molar-refractivity contribution in [2.45, 2.75) is 13.3 Å². The van der Waals surface area contributed by atoms with E-state index in [0.29, 0.717) is 27.4 Å². The summed E-state index contributed by atoms with van der Waals surface area (Å²) >= 11 is 6.00. The van der Waals surface area contributed by atoms with Crippen LogP contribution >= 0.6 is 11.6 Å². The predicted molar refractivity (Wildman–Crippen MR) is 79.8 cm³/mol. The minimum atomic E-state index is -0.191. The molecular formula is C16H13ClN2O. The van der Waals surface area contributed by atoms with Crippen molar-refractivity contribution in [2.75, 3.05) is 5.73 Å². The second kappa shape index (κ2) is 5.77. The predicted octanol–water partition coefficient (Wildman–Crippen LogP) is 3.53. The largest absolute Gasteiger partial charge is 0.398 e. The number of halogens is 1. The minimum absolute atomic E-state index is 0.126. The number of nitrogen functional groups attached to an aromatic ring is 1. The van der Waals surface area contributed by atoms with Crippen LogP contribution in [0, 0.1) is 18.3 Å². The summed E-state index contributed by atoms with van der Waals surface area (Å²) in [5.74, 6) is -0.191. The number of anilines is 1. The van der Waals surface area contributed by atoms with Gasteiger partial charge in [0.15, 0.2) is 5.78 Å². The average molecular weight is 285 g/mol. The first-order valence-electron chi connectivity index (χ1n) is 6.09. The van der Waals surface area contributed by atoms with E-state index in [1.807, 2.05) is 25.1 Å². The van der Waals surface area contributed by atoms with Crippen molar-refractivity contribution in [3.05, 3.63) is 63.7 Å². The van der Waals surface area contributed by atoms with Gasteiger partial charge in [-0.05, 0) is 24.6 Å². The standard InChI is InChI=1S/C16H13ClN2O/c1-10-2-4-11(5-3-10)16(20)14-9-13(17)8-12(6-7-18)15(14)19/h2-5,8-9H,6,19H2,1H3. The van der Waals surface area contributed by atoms with Gasteiger partial charge in [0.25, 0.3) is 0 Å². The van der Waals surface area contributed by atoms with Gasteiger partial charge in [0.1, 0.15) is 0 Å². The Morgan fingerprint density at radius 2 is 1.95 bits per heavy atom. The minimum Gasteiger partial charge on any atom is -0.398 e. The van der Waals surface area contributed by atoms with E-state index in [4.69, 9.17) is 22.6 Å². The van der Waals surface area contributed by atoms with Crippen molar-refractivity contribution in [3.63, 3.8) is 0 Å². The highest BCUT2D eigenvalue weighted by Gasteiger charge is 2.16. The molecule has 0 amide bonds. The van der Waals surface area contributed by atoms with Crippen molar-refractivity contribution in [3.8, 4) is 6.07 Å². The van der Waals surface area contributed by atoms with E-state index in [0.717, 1.165) is 5.56 Å². The summed E-state index contributed by atoms with van der Waals surface area (Å²) in [5, 5.41) is 9.18. The molecule has 100 valence electrons. The first-order valence-corrected chi connectivity index (χ1v) is 6.47. The molecule has 0 atom stereocenters. The van der Waals surface area contributed by atoms with Crippen LogP contribution in [0.4, 0.5) is 5.69 Å². The second-order valence-corrected chi connectivity index (χ2v) is 4.99. The van der Waals surface area contributed by atoms with Gasteiger partial charge < -0.3 is 5.73 Å². The lowest BCUT2D eigenvalue weighted by Crippen LogP contribution is -2.08. The molecule has 0 heterocycles. The third-order valence-electron chi connectivity index (χ3n) is 3.06. The number of benzene rings is 2. The fourth-order valence-corrected chi connectivity index (χ4v) is 2.20. The Morgan fingerprint density at radius 1 is 1.30 bits per heavy atom. The maximum absolute atomic E-state index is 12.5. The maximum atomic E-state index is 12.5. The van der Waals surface area contributed by atoms with Crippen molar-refractivity contribution >= 4 is 23.1 Å². The number of hydrogen-bond acceptors (Lipinski definition) is 3. The van der Waals surface area contributed by atoms with Gasteiger partial charge in [-0.1, -0.05) is 41.4 Å². The molecule has 20 heavy (non-hydrogen) atoms. The molecule has 0 aliphatic rings. The van der Waals surface area contributed by atoms with Gasteiger partial charge >= 0.3 is 0 Å². The van der Waals surface area contributed by atoms with Gasteiger partial charge in [-0.2, -0.15) is 5.26 Å². The lowest BCUT2D eigenvalue weighted by atomic mass is 9.97. The molecule has 2 rings (SSSR count). The van der Waals surface area contributed by atoms with Crippen LogP contribution in [0.3, 0.4) is 0 Å². The van der Waals surface area contributed by atoms with Crippen molar-refractivity contribution in [1.82, 2.24) is 0 Å². The average Bonchev–Trinajstić information content (AvgIpc) is 2.43. The lowest BCUT2D eigenvalue weighted by Gasteiger charge is -2.10. The van der Waals surface area contributed by atoms with Crippen LogP contribution in [-0.2, 0) is 6.42 Å². The molecule has 0 aromatic heterocycles. The first-order chi connectivity index (χ1) is 9.52. The van der Waals surface area contributed by atoms with Crippen LogP contribution in [-0.4, -0.2) is 5.78 Å². The Bertz CT molecular complexity index is 700. The van der Waals surface area contributed by atoms with Gasteiger partial charge in [-0.25, -0.2) is 0 Å². The number of carbonyl (C=O) groups is 1. The molecular weight excluding hydrogens is 272 g/mol. The van der Waals surface area contributed by atoms with Gasteiger partial charge in [0.2, 0.25) is 0 Å². The quantitative estimate of drug-likeness (QED) is 0.692. The topological polar surface area (TPSA) is 66.9 Å². The third-order valence-corrected chi connectivity index (χ3v) is 3.28. The van der Waals surface area contributed by atoms with Crippen molar-refractivity contribution < 1.29 is 4.79 Å². The van der Waals surface area contributed by atoms with Crippen molar-refractivity contribution in [2.24, 2.45) is 0 Å². The van der Waals surface area contributed by atoms with E-state index in [-0.39, 0.29) is 12.2 Å². The number of nitrogens with zero attached hydrogens (tertiary/aromatic N) is 1. The van der Waals surface area contributed by atoms with Crippen molar-refractivity contribution in [1.29, 1.82) is 5.26 Å². The summed E-state index contributed by atoms with van der Waals surface area (Å²) < 4.78 is 0. The molecule has 0 spiro atoms. The van der Waals surface area contributed by atoms with Crippen LogP contribution in [0.1, 0.15) is 27.0 Å². The van der Waals surface area contributed by atoms with Gasteiger partial charge in [0, 0.05) is 21.8 Å². The Morgan fingerprint density at radius 3 is 2.55 bits per heavy atom. The van der Waals surface area contributed by atoms with E-state index < -0.39 is 0 Å². The molecule has 0 bridgehead atoms.